The van der Waals surface area contributed by atoms with Gasteiger partial charge in [-0.2, -0.15) is 0 Å². The zero-order chi connectivity index (χ0) is 7.72. The van der Waals surface area contributed by atoms with E-state index in [1.807, 2.05) is 6.92 Å². The molecule has 1 heterocycles. The monoisotopic (exact) mass is 268 g/mol. The Morgan fingerprint density at radius 3 is 2.80 bits per heavy atom. The van der Waals surface area contributed by atoms with Crippen LogP contribution in [-0.2, 0) is 0 Å². The number of aryl methyl sites for hydroxylation is 1. The van der Waals surface area contributed by atoms with Crippen molar-refractivity contribution in [1.82, 2.24) is 4.98 Å². The number of nitrogens with two attached hydrogens (primary N) is 1. The molecule has 0 aliphatic rings. The van der Waals surface area contributed by atoms with Gasteiger partial charge in [-0.15, -0.1) is 0 Å². The second-order valence-corrected chi connectivity index (χ2v) is 3.49. The number of hydrogen-bond donors (Lipinski definition) is 1. The Morgan fingerprint density at radius 2 is 2.30 bits per heavy atom. The van der Waals surface area contributed by atoms with Crippen LogP contribution < -0.4 is 5.73 Å². The Kier molecular flexibility index (Phi) is 2.36. The fraction of sp³-hybridized carbons (Fsp3) is 0.167. The van der Waals surface area contributed by atoms with Gasteiger partial charge < -0.3 is 5.73 Å². The number of halogens is 2. The van der Waals surface area contributed by atoms with Crippen LogP contribution in [0.4, 0.5) is 5.82 Å². The van der Waals surface area contributed by atoms with E-state index < -0.39 is 0 Å². The quantitative estimate of drug-likeness (QED) is 0.733. The lowest BCUT2D eigenvalue weighted by Gasteiger charge is -1.99. The van der Waals surface area contributed by atoms with E-state index in [1.54, 1.807) is 6.07 Å². The van der Waals surface area contributed by atoms with Crippen molar-refractivity contribution in [3.8, 4) is 0 Å². The van der Waals surface area contributed by atoms with Gasteiger partial charge in [-0.05, 0) is 35.6 Å². The third kappa shape index (κ3) is 1.52. The van der Waals surface area contributed by atoms with Gasteiger partial charge >= 0.3 is 0 Å². The molecule has 4 heteroatoms. The van der Waals surface area contributed by atoms with Crippen molar-refractivity contribution in [2.45, 2.75) is 6.92 Å². The summed E-state index contributed by atoms with van der Waals surface area (Å²) < 4.78 is 0.896. The van der Waals surface area contributed by atoms with E-state index in [9.17, 15) is 0 Å². The largest absolute Gasteiger partial charge is 0.383 e. The van der Waals surface area contributed by atoms with Gasteiger partial charge in [0.1, 0.15) is 5.82 Å². The number of anilines is 1. The van der Waals surface area contributed by atoms with Gasteiger partial charge in [-0.3, -0.25) is 0 Å². The van der Waals surface area contributed by atoms with Gasteiger partial charge in [0.2, 0.25) is 0 Å². The van der Waals surface area contributed by atoms with Crippen molar-refractivity contribution in [1.29, 1.82) is 0 Å². The highest BCUT2D eigenvalue weighted by atomic mass is 127. The van der Waals surface area contributed by atoms with Gasteiger partial charge in [0.05, 0.1) is 14.3 Å². The smallest absolute Gasteiger partial charge is 0.137 e. The summed E-state index contributed by atoms with van der Waals surface area (Å²) in [5.74, 6) is 0.544. The Morgan fingerprint density at radius 1 is 1.70 bits per heavy atom. The number of rotatable bonds is 0. The van der Waals surface area contributed by atoms with Crippen LogP contribution >= 0.6 is 34.2 Å². The molecule has 0 aliphatic heterocycles. The molecule has 54 valence electrons. The summed E-state index contributed by atoms with van der Waals surface area (Å²) in [6.07, 6.45) is 0. The maximum atomic E-state index is 5.76. The predicted octanol–water partition coefficient (Wildman–Crippen LogP) is 2.23. The minimum Gasteiger partial charge on any atom is -0.383 e. The van der Waals surface area contributed by atoms with E-state index >= 15 is 0 Å². The van der Waals surface area contributed by atoms with E-state index in [0.717, 1.165) is 9.26 Å². The molecule has 1 aromatic heterocycles. The summed E-state index contributed by atoms with van der Waals surface area (Å²) >= 11 is 7.86. The van der Waals surface area contributed by atoms with E-state index in [1.165, 1.54) is 0 Å². The number of hydrogen-bond acceptors (Lipinski definition) is 2. The summed E-state index contributed by atoms with van der Waals surface area (Å²) in [5, 5.41) is 0.665. The first-order valence-electron chi connectivity index (χ1n) is 2.69. The average molecular weight is 268 g/mol. The van der Waals surface area contributed by atoms with Crippen LogP contribution in [0.2, 0.25) is 5.02 Å². The lowest BCUT2D eigenvalue weighted by Crippen LogP contribution is -1.95. The Labute approximate surface area is 77.9 Å². The maximum absolute atomic E-state index is 5.76. The molecule has 0 spiro atoms. The molecule has 0 aliphatic carbocycles. The van der Waals surface area contributed by atoms with Gasteiger partial charge in [-0.1, -0.05) is 11.6 Å². The Balaban J connectivity index is 3.28. The molecule has 0 radical (unpaired) electrons. The molecule has 0 atom stereocenters. The number of nitrogen functional groups attached to an aromatic ring is 1. The highest BCUT2D eigenvalue weighted by Crippen LogP contribution is 2.20. The molecule has 1 aromatic rings. The second-order valence-electron chi connectivity index (χ2n) is 1.92. The Hall–Kier alpha value is -0.0300. The zero-order valence-corrected chi connectivity index (χ0v) is 8.27. The molecule has 2 nitrogen and oxygen atoms in total. The molecule has 0 saturated heterocycles. The standard InChI is InChI=1S/C6H6ClIN2/c1-3-4(7)2-5(8)6(9)10-3/h2H,1H3,(H2,9,10). The highest BCUT2D eigenvalue weighted by molar-refractivity contribution is 14.1. The average Bonchev–Trinajstić information content (AvgIpc) is 1.84. The van der Waals surface area contributed by atoms with Crippen molar-refractivity contribution < 1.29 is 0 Å². The van der Waals surface area contributed by atoms with Gasteiger partial charge in [0.25, 0.3) is 0 Å². The van der Waals surface area contributed by atoms with Crippen LogP contribution in [0, 0.1) is 10.5 Å². The fourth-order valence-corrected chi connectivity index (χ4v) is 1.34. The number of pyridine rings is 1. The van der Waals surface area contributed by atoms with Crippen molar-refractivity contribution in [3.05, 3.63) is 20.4 Å². The van der Waals surface area contributed by atoms with Crippen LogP contribution in [0.1, 0.15) is 5.69 Å². The molecule has 0 bridgehead atoms. The predicted molar refractivity (Wildman–Crippen MR) is 51.1 cm³/mol. The third-order valence-electron chi connectivity index (χ3n) is 1.13. The van der Waals surface area contributed by atoms with Gasteiger partial charge in [0, 0.05) is 0 Å². The molecule has 0 fully saturated rings. The van der Waals surface area contributed by atoms with E-state index in [2.05, 4.69) is 27.6 Å². The topological polar surface area (TPSA) is 38.9 Å². The fourth-order valence-electron chi connectivity index (χ4n) is 0.577. The van der Waals surface area contributed by atoms with Crippen LogP contribution in [0.15, 0.2) is 6.07 Å². The lowest BCUT2D eigenvalue weighted by atomic mass is 10.4. The van der Waals surface area contributed by atoms with Crippen LogP contribution in [-0.4, -0.2) is 4.98 Å². The highest BCUT2D eigenvalue weighted by Gasteiger charge is 2.00. The molecule has 0 unspecified atom stereocenters. The van der Waals surface area contributed by atoms with Crippen molar-refractivity contribution in [2.75, 3.05) is 5.73 Å². The summed E-state index contributed by atoms with van der Waals surface area (Å²) in [6, 6.07) is 1.81. The van der Waals surface area contributed by atoms with E-state index in [-0.39, 0.29) is 0 Å². The Bertz CT molecular complexity index is 212. The van der Waals surface area contributed by atoms with Crippen molar-refractivity contribution in [3.63, 3.8) is 0 Å². The molecule has 10 heavy (non-hydrogen) atoms. The molecule has 1 rings (SSSR count). The second kappa shape index (κ2) is 2.92. The minimum absolute atomic E-state index is 0.544. The van der Waals surface area contributed by atoms with Gasteiger partial charge in [0.15, 0.2) is 0 Å². The lowest BCUT2D eigenvalue weighted by molar-refractivity contribution is 1.20. The summed E-state index contributed by atoms with van der Waals surface area (Å²) in [4.78, 5) is 4.01. The number of aromatic nitrogens is 1. The first-order chi connectivity index (χ1) is 4.61. The third-order valence-corrected chi connectivity index (χ3v) is 2.38. The van der Waals surface area contributed by atoms with Crippen molar-refractivity contribution >= 4 is 40.0 Å². The van der Waals surface area contributed by atoms with Crippen LogP contribution in [0.5, 0.6) is 0 Å². The first-order valence-corrected chi connectivity index (χ1v) is 4.15. The maximum Gasteiger partial charge on any atom is 0.137 e. The summed E-state index contributed by atoms with van der Waals surface area (Å²) in [6.45, 7) is 1.83. The zero-order valence-electron chi connectivity index (χ0n) is 5.36. The van der Waals surface area contributed by atoms with Gasteiger partial charge in [-0.25, -0.2) is 4.98 Å². The van der Waals surface area contributed by atoms with E-state index in [0.29, 0.717) is 10.8 Å². The minimum atomic E-state index is 0.544. The molecule has 0 saturated carbocycles. The normalized spacial score (nSPS) is 9.90. The van der Waals surface area contributed by atoms with E-state index in [4.69, 9.17) is 17.3 Å². The molecule has 2 N–H and O–H groups in total. The SMILES string of the molecule is Cc1nc(N)c(I)cc1Cl. The number of nitrogens with zero attached hydrogens (tertiary/aromatic N) is 1. The summed E-state index contributed by atoms with van der Waals surface area (Å²) in [5.41, 5.74) is 6.29. The van der Waals surface area contributed by atoms with Crippen LogP contribution in [0.25, 0.3) is 0 Å². The molecule has 0 aromatic carbocycles. The van der Waals surface area contributed by atoms with Crippen LogP contribution in [0.3, 0.4) is 0 Å². The first kappa shape index (κ1) is 8.07. The molecule has 0 amide bonds. The molecular formula is C6H6ClIN2. The molecular weight excluding hydrogens is 262 g/mol. The summed E-state index contributed by atoms with van der Waals surface area (Å²) in [7, 11) is 0. The van der Waals surface area contributed by atoms with Crippen molar-refractivity contribution in [2.24, 2.45) is 0 Å².